The fourth-order valence-electron chi connectivity index (χ4n) is 3.61. The Labute approximate surface area is 179 Å². The molecule has 6 heteroatoms. The molecule has 0 radical (unpaired) electrons. The SMILES string of the molecule is CCNC(=NCc1cccc(NC(=O)N2CCCC2)c1)NCc1ccc(C)cc1C. The summed E-state index contributed by atoms with van der Waals surface area (Å²) in [6.45, 7) is 10.0. The van der Waals surface area contributed by atoms with Crippen LogP contribution in [0.15, 0.2) is 47.5 Å². The van der Waals surface area contributed by atoms with E-state index in [0.717, 1.165) is 56.2 Å². The van der Waals surface area contributed by atoms with Crippen molar-refractivity contribution in [3.63, 3.8) is 0 Å². The molecule has 0 unspecified atom stereocenters. The highest BCUT2D eigenvalue weighted by Gasteiger charge is 2.17. The average molecular weight is 408 g/mol. The molecule has 0 bridgehead atoms. The van der Waals surface area contributed by atoms with Crippen LogP contribution >= 0.6 is 0 Å². The molecule has 2 aromatic carbocycles. The standard InChI is InChI=1S/C24H33N5O/c1-4-25-23(27-17-21-11-10-18(2)14-19(21)3)26-16-20-8-7-9-22(15-20)28-24(30)29-12-5-6-13-29/h7-11,14-15H,4-6,12-13,16-17H2,1-3H3,(H,28,30)(H2,25,26,27). The predicted molar refractivity (Wildman–Crippen MR) is 124 cm³/mol. The number of rotatable bonds is 6. The number of aliphatic imine (C=N–C) groups is 1. The summed E-state index contributed by atoms with van der Waals surface area (Å²) in [5.74, 6) is 0.781. The van der Waals surface area contributed by atoms with Crippen LogP contribution in [-0.2, 0) is 13.1 Å². The Morgan fingerprint density at radius 1 is 1.07 bits per heavy atom. The van der Waals surface area contributed by atoms with Gasteiger partial charge in [0.15, 0.2) is 5.96 Å². The number of carbonyl (C=O) groups is 1. The second-order valence-electron chi connectivity index (χ2n) is 7.80. The first-order chi connectivity index (χ1) is 14.5. The number of aryl methyl sites for hydroxylation is 2. The number of likely N-dealkylation sites (tertiary alicyclic amines) is 1. The van der Waals surface area contributed by atoms with E-state index in [-0.39, 0.29) is 6.03 Å². The van der Waals surface area contributed by atoms with Crippen LogP contribution in [0.2, 0.25) is 0 Å². The molecule has 2 amide bonds. The molecular formula is C24H33N5O. The molecule has 1 fully saturated rings. The van der Waals surface area contributed by atoms with Crippen molar-refractivity contribution in [1.29, 1.82) is 0 Å². The van der Waals surface area contributed by atoms with Gasteiger partial charge in [-0.15, -0.1) is 0 Å². The lowest BCUT2D eigenvalue weighted by molar-refractivity contribution is 0.222. The lowest BCUT2D eigenvalue weighted by Crippen LogP contribution is -2.37. The number of guanidine groups is 1. The number of amides is 2. The highest BCUT2D eigenvalue weighted by molar-refractivity contribution is 5.89. The van der Waals surface area contributed by atoms with Gasteiger partial charge in [0.05, 0.1) is 6.54 Å². The Morgan fingerprint density at radius 3 is 2.60 bits per heavy atom. The molecule has 1 aliphatic rings. The molecule has 3 N–H and O–H groups in total. The largest absolute Gasteiger partial charge is 0.357 e. The zero-order valence-corrected chi connectivity index (χ0v) is 18.3. The second kappa shape index (κ2) is 10.7. The van der Waals surface area contributed by atoms with Crippen LogP contribution in [0.4, 0.5) is 10.5 Å². The summed E-state index contributed by atoms with van der Waals surface area (Å²) in [4.78, 5) is 18.9. The van der Waals surface area contributed by atoms with Crippen molar-refractivity contribution in [1.82, 2.24) is 15.5 Å². The summed E-state index contributed by atoms with van der Waals surface area (Å²) >= 11 is 0. The molecule has 0 atom stereocenters. The van der Waals surface area contributed by atoms with Gasteiger partial charge < -0.3 is 20.9 Å². The first kappa shape index (κ1) is 21.7. The summed E-state index contributed by atoms with van der Waals surface area (Å²) in [7, 11) is 0. The third-order valence-electron chi connectivity index (χ3n) is 5.28. The highest BCUT2D eigenvalue weighted by atomic mass is 16.2. The molecule has 2 aromatic rings. The van der Waals surface area contributed by atoms with Gasteiger partial charge in [0.2, 0.25) is 0 Å². The number of hydrogen-bond donors (Lipinski definition) is 3. The molecule has 160 valence electrons. The van der Waals surface area contributed by atoms with Crippen LogP contribution in [0.25, 0.3) is 0 Å². The molecule has 6 nitrogen and oxygen atoms in total. The van der Waals surface area contributed by atoms with Crippen molar-refractivity contribution in [2.75, 3.05) is 25.0 Å². The maximum atomic E-state index is 12.3. The Morgan fingerprint density at radius 2 is 1.87 bits per heavy atom. The minimum absolute atomic E-state index is 0.0170. The third-order valence-corrected chi connectivity index (χ3v) is 5.28. The molecule has 1 aliphatic heterocycles. The van der Waals surface area contributed by atoms with Gasteiger partial charge in [-0.25, -0.2) is 9.79 Å². The third kappa shape index (κ3) is 6.24. The van der Waals surface area contributed by atoms with E-state index in [1.165, 1.54) is 16.7 Å². The highest BCUT2D eigenvalue weighted by Crippen LogP contribution is 2.15. The van der Waals surface area contributed by atoms with E-state index in [2.05, 4.69) is 54.9 Å². The van der Waals surface area contributed by atoms with Gasteiger partial charge in [0.25, 0.3) is 0 Å². The lowest BCUT2D eigenvalue weighted by Gasteiger charge is -2.16. The molecule has 3 rings (SSSR count). The van der Waals surface area contributed by atoms with Crippen LogP contribution in [0.1, 0.15) is 42.0 Å². The maximum Gasteiger partial charge on any atom is 0.321 e. The van der Waals surface area contributed by atoms with Gasteiger partial charge in [-0.3, -0.25) is 0 Å². The van der Waals surface area contributed by atoms with Gasteiger partial charge in [-0.2, -0.15) is 0 Å². The van der Waals surface area contributed by atoms with Crippen molar-refractivity contribution >= 4 is 17.7 Å². The topological polar surface area (TPSA) is 68.8 Å². The van der Waals surface area contributed by atoms with Crippen LogP contribution in [0, 0.1) is 13.8 Å². The maximum absolute atomic E-state index is 12.3. The van der Waals surface area contributed by atoms with Crippen molar-refractivity contribution in [2.45, 2.75) is 46.7 Å². The van der Waals surface area contributed by atoms with Crippen LogP contribution in [0.3, 0.4) is 0 Å². The molecule has 30 heavy (non-hydrogen) atoms. The van der Waals surface area contributed by atoms with Gasteiger partial charge in [-0.1, -0.05) is 35.9 Å². The normalized spacial score (nSPS) is 14.0. The lowest BCUT2D eigenvalue weighted by atomic mass is 10.1. The van der Waals surface area contributed by atoms with E-state index in [9.17, 15) is 4.79 Å². The monoisotopic (exact) mass is 407 g/mol. The number of benzene rings is 2. The first-order valence-electron chi connectivity index (χ1n) is 10.8. The molecule has 0 aromatic heterocycles. The molecule has 0 aliphatic carbocycles. The second-order valence-corrected chi connectivity index (χ2v) is 7.80. The minimum atomic E-state index is -0.0170. The first-order valence-corrected chi connectivity index (χ1v) is 10.8. The summed E-state index contributed by atoms with van der Waals surface area (Å²) in [5, 5.41) is 9.72. The zero-order chi connectivity index (χ0) is 21.3. The summed E-state index contributed by atoms with van der Waals surface area (Å²) in [6.07, 6.45) is 2.18. The van der Waals surface area contributed by atoms with Gasteiger partial charge in [0.1, 0.15) is 0 Å². The number of carbonyl (C=O) groups excluding carboxylic acids is 1. The van der Waals surface area contributed by atoms with E-state index in [0.29, 0.717) is 6.54 Å². The molecular weight excluding hydrogens is 374 g/mol. The van der Waals surface area contributed by atoms with E-state index in [1.807, 2.05) is 29.2 Å². The number of hydrogen-bond acceptors (Lipinski definition) is 2. The van der Waals surface area contributed by atoms with Crippen LogP contribution < -0.4 is 16.0 Å². The smallest absolute Gasteiger partial charge is 0.321 e. The van der Waals surface area contributed by atoms with E-state index < -0.39 is 0 Å². The Bertz CT molecular complexity index is 887. The minimum Gasteiger partial charge on any atom is -0.357 e. The van der Waals surface area contributed by atoms with Crippen molar-refractivity contribution in [2.24, 2.45) is 4.99 Å². The van der Waals surface area contributed by atoms with Crippen molar-refractivity contribution in [3.8, 4) is 0 Å². The Hall–Kier alpha value is -3.02. The van der Waals surface area contributed by atoms with E-state index >= 15 is 0 Å². The fourth-order valence-corrected chi connectivity index (χ4v) is 3.61. The van der Waals surface area contributed by atoms with Crippen LogP contribution in [-0.4, -0.2) is 36.5 Å². The van der Waals surface area contributed by atoms with E-state index in [4.69, 9.17) is 4.99 Å². The molecule has 1 heterocycles. The molecule has 0 saturated carbocycles. The Kier molecular flexibility index (Phi) is 7.71. The fraction of sp³-hybridized carbons (Fsp3) is 0.417. The van der Waals surface area contributed by atoms with Crippen molar-refractivity contribution < 1.29 is 4.79 Å². The van der Waals surface area contributed by atoms with Gasteiger partial charge >= 0.3 is 6.03 Å². The summed E-state index contributed by atoms with van der Waals surface area (Å²) < 4.78 is 0. The number of anilines is 1. The Balaban J connectivity index is 1.60. The molecule has 1 saturated heterocycles. The zero-order valence-electron chi connectivity index (χ0n) is 18.3. The number of urea groups is 1. The average Bonchev–Trinajstić information content (AvgIpc) is 3.26. The quantitative estimate of drug-likeness (QED) is 0.497. The number of nitrogens with one attached hydrogen (secondary N) is 3. The van der Waals surface area contributed by atoms with Crippen molar-refractivity contribution in [3.05, 3.63) is 64.7 Å². The van der Waals surface area contributed by atoms with Crippen LogP contribution in [0.5, 0.6) is 0 Å². The van der Waals surface area contributed by atoms with Gasteiger partial charge in [-0.05, 0) is 62.4 Å². The summed E-state index contributed by atoms with van der Waals surface area (Å²) in [5.41, 5.74) is 5.68. The predicted octanol–water partition coefficient (Wildman–Crippen LogP) is 4.19. The number of nitrogens with zero attached hydrogens (tertiary/aromatic N) is 2. The molecule has 0 spiro atoms. The summed E-state index contributed by atoms with van der Waals surface area (Å²) in [6, 6.07) is 14.4. The van der Waals surface area contributed by atoms with Gasteiger partial charge in [0, 0.05) is 31.9 Å². The van der Waals surface area contributed by atoms with E-state index in [1.54, 1.807) is 0 Å².